The quantitative estimate of drug-likeness (QED) is 0.640. The summed E-state index contributed by atoms with van der Waals surface area (Å²) in [6.45, 7) is 2.44. The predicted octanol–water partition coefficient (Wildman–Crippen LogP) is 3.41. The van der Waals surface area contributed by atoms with E-state index < -0.39 is 23.6 Å². The molecule has 0 radical (unpaired) electrons. The van der Waals surface area contributed by atoms with E-state index in [4.69, 9.17) is 9.47 Å². The van der Waals surface area contributed by atoms with E-state index in [0.29, 0.717) is 11.1 Å². The Balaban J connectivity index is 2.42. The molecule has 0 bridgehead atoms. The van der Waals surface area contributed by atoms with E-state index in [9.17, 15) is 18.4 Å². The maximum absolute atomic E-state index is 13.5. The Morgan fingerprint density at radius 2 is 1.22 bits per heavy atom. The molecule has 0 saturated heterocycles. The van der Waals surface area contributed by atoms with Gasteiger partial charge >= 0.3 is 11.9 Å². The van der Waals surface area contributed by atoms with Gasteiger partial charge in [-0.15, -0.1) is 0 Å². The van der Waals surface area contributed by atoms with Gasteiger partial charge in [-0.05, 0) is 36.4 Å². The van der Waals surface area contributed by atoms with Crippen molar-refractivity contribution in [1.29, 1.82) is 0 Å². The number of hydrogen-bond acceptors (Lipinski definition) is 4. The minimum absolute atomic E-state index is 0.0285. The molecule has 4 nitrogen and oxygen atoms in total. The van der Waals surface area contributed by atoms with E-state index in [2.05, 4.69) is 0 Å². The fourth-order valence-corrected chi connectivity index (χ4v) is 2.09. The zero-order chi connectivity index (χ0) is 17.0. The predicted molar refractivity (Wildman–Crippen MR) is 78.2 cm³/mol. The third kappa shape index (κ3) is 4.60. The summed E-state index contributed by atoms with van der Waals surface area (Å²) in [5.74, 6) is -1.84. The summed E-state index contributed by atoms with van der Waals surface area (Å²) in [6, 6.07) is 7.30. The van der Waals surface area contributed by atoms with Crippen LogP contribution in [0.15, 0.2) is 36.4 Å². The number of carbonyl (C=O) groups is 2. The van der Waals surface area contributed by atoms with Gasteiger partial charge in [0.25, 0.3) is 0 Å². The topological polar surface area (TPSA) is 52.6 Å². The molecule has 0 aliphatic rings. The first-order chi connectivity index (χ1) is 10.8. The number of benzene rings is 2. The van der Waals surface area contributed by atoms with Crippen LogP contribution >= 0.6 is 0 Å². The standard InChI is InChI=1S/C17H14F2O4/c1-10(20)22-16-5-3-14(18)8-12(16)7-13-9-15(19)4-6-17(13)23-11(2)21/h3-6,8-9H,7H2,1-2H3. The largest absolute Gasteiger partial charge is 0.426 e. The van der Waals surface area contributed by atoms with Crippen LogP contribution in [0.25, 0.3) is 0 Å². The number of ether oxygens (including phenoxy) is 2. The van der Waals surface area contributed by atoms with Crippen LogP contribution in [0.3, 0.4) is 0 Å². The lowest BCUT2D eigenvalue weighted by molar-refractivity contribution is -0.132. The lowest BCUT2D eigenvalue weighted by Gasteiger charge is -2.12. The average molecular weight is 320 g/mol. The van der Waals surface area contributed by atoms with E-state index in [-0.39, 0.29) is 17.9 Å². The van der Waals surface area contributed by atoms with E-state index >= 15 is 0 Å². The second kappa shape index (κ2) is 7.00. The first kappa shape index (κ1) is 16.6. The highest BCUT2D eigenvalue weighted by Gasteiger charge is 2.14. The van der Waals surface area contributed by atoms with Crippen molar-refractivity contribution in [1.82, 2.24) is 0 Å². The van der Waals surface area contributed by atoms with Gasteiger partial charge in [-0.1, -0.05) is 0 Å². The molecule has 2 aromatic carbocycles. The van der Waals surface area contributed by atoms with Crippen LogP contribution in [0.2, 0.25) is 0 Å². The molecule has 0 heterocycles. The molecule has 2 aromatic rings. The highest BCUT2D eigenvalue weighted by Crippen LogP contribution is 2.28. The fraction of sp³-hybridized carbons (Fsp3) is 0.176. The minimum Gasteiger partial charge on any atom is -0.426 e. The van der Waals surface area contributed by atoms with Crippen molar-refractivity contribution >= 4 is 11.9 Å². The Labute approximate surface area is 131 Å². The summed E-state index contributed by atoms with van der Waals surface area (Å²) in [6.07, 6.45) is 0.0285. The maximum atomic E-state index is 13.5. The molecule has 0 N–H and O–H groups in total. The second-order valence-electron chi connectivity index (χ2n) is 4.87. The van der Waals surface area contributed by atoms with Gasteiger partial charge in [-0.3, -0.25) is 9.59 Å². The maximum Gasteiger partial charge on any atom is 0.308 e. The molecular formula is C17H14F2O4. The Morgan fingerprint density at radius 3 is 1.57 bits per heavy atom. The van der Waals surface area contributed by atoms with Gasteiger partial charge in [0, 0.05) is 31.4 Å². The molecule has 0 unspecified atom stereocenters. The van der Waals surface area contributed by atoms with Gasteiger partial charge < -0.3 is 9.47 Å². The van der Waals surface area contributed by atoms with E-state index in [1.54, 1.807) is 0 Å². The number of halogens is 2. The Morgan fingerprint density at radius 1 is 0.826 bits per heavy atom. The number of esters is 2. The third-order valence-corrected chi connectivity index (χ3v) is 2.93. The van der Waals surface area contributed by atoms with Crippen LogP contribution in [0, 0.1) is 11.6 Å². The minimum atomic E-state index is -0.558. The SMILES string of the molecule is CC(=O)Oc1ccc(F)cc1Cc1cc(F)ccc1OC(C)=O. The highest BCUT2D eigenvalue weighted by atomic mass is 19.1. The van der Waals surface area contributed by atoms with Crippen LogP contribution in [0.1, 0.15) is 25.0 Å². The molecule has 0 aliphatic carbocycles. The number of hydrogen-bond donors (Lipinski definition) is 0. The number of rotatable bonds is 4. The van der Waals surface area contributed by atoms with Gasteiger partial charge in [0.2, 0.25) is 0 Å². The zero-order valence-electron chi connectivity index (χ0n) is 12.6. The Bertz CT molecular complexity index is 693. The van der Waals surface area contributed by atoms with Crippen molar-refractivity contribution < 1.29 is 27.8 Å². The molecule has 0 fully saturated rings. The van der Waals surface area contributed by atoms with Crippen molar-refractivity contribution in [3.63, 3.8) is 0 Å². The summed E-state index contributed by atoms with van der Waals surface area (Å²) >= 11 is 0. The molecular weight excluding hydrogens is 306 g/mol. The molecule has 2 rings (SSSR count). The summed E-state index contributed by atoms with van der Waals surface area (Å²) in [7, 11) is 0. The van der Waals surface area contributed by atoms with Crippen LogP contribution in [-0.2, 0) is 16.0 Å². The van der Waals surface area contributed by atoms with Crippen LogP contribution in [-0.4, -0.2) is 11.9 Å². The number of carbonyl (C=O) groups excluding carboxylic acids is 2. The van der Waals surface area contributed by atoms with Crippen LogP contribution < -0.4 is 9.47 Å². The lowest BCUT2D eigenvalue weighted by atomic mass is 10.0. The van der Waals surface area contributed by atoms with Gasteiger partial charge in [0.15, 0.2) is 0 Å². The fourth-order valence-electron chi connectivity index (χ4n) is 2.09. The zero-order valence-corrected chi connectivity index (χ0v) is 12.6. The molecule has 23 heavy (non-hydrogen) atoms. The second-order valence-corrected chi connectivity index (χ2v) is 4.87. The molecule has 0 aromatic heterocycles. The molecule has 0 aliphatic heterocycles. The molecule has 0 amide bonds. The van der Waals surface area contributed by atoms with Crippen LogP contribution in [0.5, 0.6) is 11.5 Å². The van der Waals surface area contributed by atoms with E-state index in [0.717, 1.165) is 12.1 Å². The van der Waals surface area contributed by atoms with Crippen molar-refractivity contribution in [3.05, 3.63) is 59.2 Å². The first-order valence-corrected chi connectivity index (χ1v) is 6.79. The normalized spacial score (nSPS) is 10.3. The molecule has 120 valence electrons. The Kier molecular flexibility index (Phi) is 5.05. The Hall–Kier alpha value is -2.76. The van der Waals surface area contributed by atoms with Crippen LogP contribution in [0.4, 0.5) is 8.78 Å². The van der Waals surface area contributed by atoms with Crippen molar-refractivity contribution in [2.45, 2.75) is 20.3 Å². The van der Waals surface area contributed by atoms with Crippen molar-refractivity contribution in [3.8, 4) is 11.5 Å². The van der Waals surface area contributed by atoms with Gasteiger partial charge in [-0.2, -0.15) is 0 Å². The smallest absolute Gasteiger partial charge is 0.308 e. The highest BCUT2D eigenvalue weighted by molar-refractivity contribution is 5.71. The molecule has 6 heteroatoms. The molecule has 0 atom stereocenters. The summed E-state index contributed by atoms with van der Waals surface area (Å²) in [4.78, 5) is 22.2. The lowest BCUT2D eigenvalue weighted by Crippen LogP contribution is -2.07. The molecule has 0 saturated carbocycles. The average Bonchev–Trinajstić information content (AvgIpc) is 2.44. The summed E-state index contributed by atoms with van der Waals surface area (Å²) in [5.41, 5.74) is 0.665. The van der Waals surface area contributed by atoms with Crippen molar-refractivity contribution in [2.75, 3.05) is 0 Å². The third-order valence-electron chi connectivity index (χ3n) is 2.93. The van der Waals surface area contributed by atoms with E-state index in [1.165, 1.54) is 38.1 Å². The summed E-state index contributed by atoms with van der Waals surface area (Å²) < 4.78 is 37.0. The molecule has 0 spiro atoms. The monoisotopic (exact) mass is 320 g/mol. The van der Waals surface area contributed by atoms with Crippen molar-refractivity contribution in [2.24, 2.45) is 0 Å². The van der Waals surface area contributed by atoms with E-state index in [1.807, 2.05) is 0 Å². The first-order valence-electron chi connectivity index (χ1n) is 6.79. The van der Waals surface area contributed by atoms with Gasteiger partial charge in [0.1, 0.15) is 23.1 Å². The van der Waals surface area contributed by atoms with Gasteiger partial charge in [0.05, 0.1) is 0 Å². The summed E-state index contributed by atoms with van der Waals surface area (Å²) in [5, 5.41) is 0. The van der Waals surface area contributed by atoms with Gasteiger partial charge in [-0.25, -0.2) is 8.78 Å².